The van der Waals surface area contributed by atoms with Crippen LogP contribution in [0.15, 0.2) is 53.0 Å². The number of carbonyl (C=O) groups excluding carboxylic acids is 2. The number of hydrogen-bond acceptors (Lipinski definition) is 2. The lowest BCUT2D eigenvalue weighted by Gasteiger charge is -2.23. The van der Waals surface area contributed by atoms with E-state index in [4.69, 9.17) is 0 Å². The molecule has 2 aromatic carbocycles. The Morgan fingerprint density at radius 3 is 2.38 bits per heavy atom. The molecule has 2 amide bonds. The van der Waals surface area contributed by atoms with Crippen molar-refractivity contribution in [2.45, 2.75) is 32.2 Å². The van der Waals surface area contributed by atoms with E-state index < -0.39 is 0 Å². The molecule has 24 heavy (non-hydrogen) atoms. The van der Waals surface area contributed by atoms with Gasteiger partial charge >= 0.3 is 0 Å². The van der Waals surface area contributed by atoms with Gasteiger partial charge in [0.2, 0.25) is 11.8 Å². The molecule has 1 N–H and O–H groups in total. The highest BCUT2D eigenvalue weighted by Crippen LogP contribution is 2.33. The van der Waals surface area contributed by atoms with Crippen LogP contribution in [0.5, 0.6) is 0 Å². The van der Waals surface area contributed by atoms with E-state index in [1.54, 1.807) is 0 Å². The highest BCUT2D eigenvalue weighted by molar-refractivity contribution is 9.10. The minimum atomic E-state index is -0.105. The summed E-state index contributed by atoms with van der Waals surface area (Å²) in [5.74, 6) is -0.0107. The first-order valence-corrected chi connectivity index (χ1v) is 8.77. The van der Waals surface area contributed by atoms with E-state index in [9.17, 15) is 9.59 Å². The van der Waals surface area contributed by atoms with Gasteiger partial charge in [-0.05, 0) is 48.7 Å². The molecule has 0 bridgehead atoms. The van der Waals surface area contributed by atoms with Crippen molar-refractivity contribution in [2.75, 3.05) is 10.2 Å². The van der Waals surface area contributed by atoms with Crippen molar-refractivity contribution in [3.05, 3.63) is 58.6 Å². The number of benzene rings is 2. The summed E-state index contributed by atoms with van der Waals surface area (Å²) in [6.45, 7) is 1.48. The molecular weight excluding hydrogens is 368 g/mol. The number of anilines is 2. The quantitative estimate of drug-likeness (QED) is 0.838. The Bertz CT molecular complexity index is 754. The van der Waals surface area contributed by atoms with Gasteiger partial charge in [-0.15, -0.1) is 0 Å². The van der Waals surface area contributed by atoms with Gasteiger partial charge in [0.05, 0.1) is 6.42 Å². The fourth-order valence-corrected chi connectivity index (χ4v) is 3.11. The van der Waals surface area contributed by atoms with E-state index in [2.05, 4.69) is 21.2 Å². The lowest BCUT2D eigenvalue weighted by Crippen LogP contribution is -2.34. The van der Waals surface area contributed by atoms with Crippen LogP contribution in [0.2, 0.25) is 0 Å². The molecule has 2 aromatic rings. The molecule has 1 aliphatic rings. The van der Waals surface area contributed by atoms with E-state index >= 15 is 0 Å². The first-order chi connectivity index (χ1) is 11.5. The number of nitrogens with zero attached hydrogens (tertiary/aromatic N) is 1. The molecule has 0 unspecified atom stereocenters. The summed E-state index contributed by atoms with van der Waals surface area (Å²) in [6, 6.07) is 15.5. The highest BCUT2D eigenvalue weighted by atomic mass is 79.9. The van der Waals surface area contributed by atoms with Gasteiger partial charge in [-0.25, -0.2) is 0 Å². The van der Waals surface area contributed by atoms with Gasteiger partial charge in [0.15, 0.2) is 0 Å². The molecule has 1 saturated carbocycles. The molecule has 3 rings (SSSR count). The fourth-order valence-electron chi connectivity index (χ4n) is 2.69. The maximum Gasteiger partial charge on any atom is 0.231 e. The topological polar surface area (TPSA) is 49.4 Å². The Kier molecular flexibility index (Phi) is 5.00. The van der Waals surface area contributed by atoms with Crippen LogP contribution in [0.3, 0.4) is 0 Å². The van der Waals surface area contributed by atoms with Crippen molar-refractivity contribution in [3.8, 4) is 0 Å². The van der Waals surface area contributed by atoms with Crippen LogP contribution < -0.4 is 10.2 Å². The van der Waals surface area contributed by atoms with Gasteiger partial charge in [0.25, 0.3) is 0 Å². The Labute approximate surface area is 150 Å². The third kappa shape index (κ3) is 4.03. The van der Waals surface area contributed by atoms with Crippen LogP contribution in [0.4, 0.5) is 11.4 Å². The summed E-state index contributed by atoms with van der Waals surface area (Å²) < 4.78 is 0.954. The van der Waals surface area contributed by atoms with Gasteiger partial charge in [0.1, 0.15) is 0 Å². The molecule has 0 radical (unpaired) electrons. The molecule has 0 aromatic heterocycles. The number of carbonyl (C=O) groups is 2. The molecule has 0 atom stereocenters. The molecule has 5 heteroatoms. The van der Waals surface area contributed by atoms with Gasteiger partial charge < -0.3 is 10.2 Å². The smallest absolute Gasteiger partial charge is 0.231 e. The zero-order chi connectivity index (χ0) is 17.1. The number of rotatable bonds is 5. The van der Waals surface area contributed by atoms with Crippen molar-refractivity contribution < 1.29 is 9.59 Å². The maximum absolute atomic E-state index is 12.8. The largest absolute Gasteiger partial charge is 0.326 e. The predicted molar refractivity (Wildman–Crippen MR) is 99.1 cm³/mol. The molecule has 0 aliphatic heterocycles. The normalized spacial score (nSPS) is 13.4. The van der Waals surface area contributed by atoms with Crippen LogP contribution in [0, 0.1) is 0 Å². The third-order valence-corrected chi connectivity index (χ3v) is 4.72. The molecule has 0 spiro atoms. The van der Waals surface area contributed by atoms with Gasteiger partial charge in [-0.3, -0.25) is 9.59 Å². The highest BCUT2D eigenvalue weighted by Gasteiger charge is 2.33. The number of halogens is 1. The molecule has 1 aliphatic carbocycles. The Balaban J connectivity index is 1.78. The van der Waals surface area contributed by atoms with Crippen molar-refractivity contribution >= 4 is 39.1 Å². The van der Waals surface area contributed by atoms with Crippen molar-refractivity contribution in [1.82, 2.24) is 0 Å². The molecule has 1 fully saturated rings. The minimum Gasteiger partial charge on any atom is -0.326 e. The Hall–Kier alpha value is -2.14. The molecule has 124 valence electrons. The lowest BCUT2D eigenvalue weighted by atomic mass is 10.1. The van der Waals surface area contributed by atoms with E-state index in [0.29, 0.717) is 6.42 Å². The molecule has 0 heterocycles. The zero-order valence-electron chi connectivity index (χ0n) is 13.5. The van der Waals surface area contributed by atoms with E-state index in [1.165, 1.54) is 6.92 Å². The van der Waals surface area contributed by atoms with Crippen LogP contribution in [-0.2, 0) is 16.0 Å². The van der Waals surface area contributed by atoms with Crippen LogP contribution in [-0.4, -0.2) is 17.9 Å². The number of nitrogens with one attached hydrogen (secondary N) is 1. The average Bonchev–Trinajstić information content (AvgIpc) is 3.36. The maximum atomic E-state index is 12.8. The van der Waals surface area contributed by atoms with Crippen LogP contribution in [0.25, 0.3) is 0 Å². The summed E-state index contributed by atoms with van der Waals surface area (Å²) in [6.07, 6.45) is 2.44. The van der Waals surface area contributed by atoms with Crippen LogP contribution in [0.1, 0.15) is 25.3 Å². The molecule has 0 saturated heterocycles. The number of hydrogen-bond donors (Lipinski definition) is 1. The van der Waals surface area contributed by atoms with Crippen molar-refractivity contribution in [3.63, 3.8) is 0 Å². The summed E-state index contributed by atoms with van der Waals surface area (Å²) in [5.41, 5.74) is 2.60. The summed E-state index contributed by atoms with van der Waals surface area (Å²) in [4.78, 5) is 25.8. The second-order valence-corrected chi connectivity index (χ2v) is 6.85. The molecule has 4 nitrogen and oxygen atoms in total. The SMILES string of the molecule is CC(=O)Nc1ccc(N(C(=O)Cc2ccccc2Br)C2CC2)cc1. The molecular formula is C19H19BrN2O2. The van der Waals surface area contributed by atoms with Crippen molar-refractivity contribution in [1.29, 1.82) is 0 Å². The standard InChI is InChI=1S/C19H19BrN2O2/c1-13(23)21-15-6-8-16(9-7-15)22(17-10-11-17)19(24)12-14-4-2-3-5-18(14)20/h2-9,17H,10-12H2,1H3,(H,21,23). The van der Waals surface area contributed by atoms with Gasteiger partial charge in [0, 0.05) is 28.8 Å². The van der Waals surface area contributed by atoms with Gasteiger partial charge in [-0.1, -0.05) is 34.1 Å². The fraction of sp³-hybridized carbons (Fsp3) is 0.263. The summed E-state index contributed by atoms with van der Waals surface area (Å²) in [7, 11) is 0. The summed E-state index contributed by atoms with van der Waals surface area (Å²) >= 11 is 3.50. The summed E-state index contributed by atoms with van der Waals surface area (Å²) in [5, 5.41) is 2.74. The average molecular weight is 387 g/mol. The zero-order valence-corrected chi connectivity index (χ0v) is 15.0. The third-order valence-electron chi connectivity index (χ3n) is 3.95. The Morgan fingerprint density at radius 1 is 1.12 bits per heavy atom. The second kappa shape index (κ2) is 7.18. The van der Waals surface area contributed by atoms with Crippen LogP contribution >= 0.6 is 15.9 Å². The minimum absolute atomic E-state index is 0.0941. The predicted octanol–water partition coefficient (Wildman–Crippen LogP) is 4.15. The Morgan fingerprint density at radius 2 is 1.79 bits per heavy atom. The first kappa shape index (κ1) is 16.7. The first-order valence-electron chi connectivity index (χ1n) is 7.97. The second-order valence-electron chi connectivity index (χ2n) is 5.99. The van der Waals surface area contributed by atoms with E-state index in [0.717, 1.165) is 34.3 Å². The monoisotopic (exact) mass is 386 g/mol. The number of amides is 2. The van der Waals surface area contributed by atoms with Crippen molar-refractivity contribution in [2.24, 2.45) is 0 Å². The lowest BCUT2D eigenvalue weighted by molar-refractivity contribution is -0.118. The van der Waals surface area contributed by atoms with Gasteiger partial charge in [-0.2, -0.15) is 0 Å². The van der Waals surface area contributed by atoms with E-state index in [1.807, 2.05) is 53.4 Å². The van der Waals surface area contributed by atoms with E-state index in [-0.39, 0.29) is 17.9 Å².